The molecule has 26 heavy (non-hydrogen) atoms. The predicted molar refractivity (Wildman–Crippen MR) is 97.0 cm³/mol. The Morgan fingerprint density at radius 3 is 2.38 bits per heavy atom. The van der Waals surface area contributed by atoms with E-state index in [1.807, 2.05) is 26.8 Å². The van der Waals surface area contributed by atoms with Gasteiger partial charge >= 0.3 is 6.03 Å². The number of amides is 3. The lowest BCUT2D eigenvalue weighted by atomic mass is 10.0. The summed E-state index contributed by atoms with van der Waals surface area (Å²) in [6.45, 7) is 6.42. The van der Waals surface area contributed by atoms with Gasteiger partial charge in [0.05, 0.1) is 17.8 Å². The van der Waals surface area contributed by atoms with Crippen LogP contribution in [0.3, 0.4) is 0 Å². The highest BCUT2D eigenvalue weighted by Crippen LogP contribution is 2.34. The van der Waals surface area contributed by atoms with Gasteiger partial charge in [-0.05, 0) is 26.3 Å². The van der Waals surface area contributed by atoms with Crippen molar-refractivity contribution in [3.63, 3.8) is 0 Å². The van der Waals surface area contributed by atoms with Crippen LogP contribution in [0.2, 0.25) is 0 Å². The van der Waals surface area contributed by atoms with Gasteiger partial charge in [-0.1, -0.05) is 30.3 Å². The van der Waals surface area contributed by atoms with E-state index in [9.17, 15) is 9.59 Å². The summed E-state index contributed by atoms with van der Waals surface area (Å²) < 4.78 is 16.5. The maximum Gasteiger partial charge on any atom is 0.318 e. The van der Waals surface area contributed by atoms with Crippen LogP contribution in [0.5, 0.6) is 0 Å². The molecule has 3 N–H and O–H groups in total. The van der Waals surface area contributed by atoms with Gasteiger partial charge in [-0.3, -0.25) is 4.79 Å². The highest BCUT2D eigenvalue weighted by Gasteiger charge is 2.33. The molecule has 0 fully saturated rings. The van der Waals surface area contributed by atoms with Crippen molar-refractivity contribution in [2.45, 2.75) is 39.4 Å². The van der Waals surface area contributed by atoms with E-state index < -0.39 is 11.9 Å². The maximum absolute atomic E-state index is 15.1. The molecule has 3 rings (SSSR count). The van der Waals surface area contributed by atoms with Crippen LogP contribution in [0.1, 0.15) is 36.8 Å². The molecule has 0 spiro atoms. The number of benzene rings is 1. The molecule has 0 unspecified atom stereocenters. The number of hydrogen-bond acceptors (Lipinski definition) is 2. The SMILES string of the molecule is CC(C)(C)NC(=O)N1CCn2c(F)c(-c3ccccc3)c(C(N)=O)c2C1. The standard InChI is InChI=1S/C19H23FN4O2/c1-19(2,3)22-18(26)23-9-10-24-13(11-23)15(17(21)25)14(16(24)20)12-7-5-4-6-8-12/h4-8H,9-11H2,1-3H3,(H2,21,25)(H,22,26). The van der Waals surface area contributed by atoms with Crippen molar-refractivity contribution in [2.75, 3.05) is 6.54 Å². The summed E-state index contributed by atoms with van der Waals surface area (Å²) in [6.07, 6.45) is 0. The highest BCUT2D eigenvalue weighted by molar-refractivity contribution is 6.01. The monoisotopic (exact) mass is 358 g/mol. The van der Waals surface area contributed by atoms with E-state index in [2.05, 4.69) is 5.32 Å². The third-order valence-corrected chi connectivity index (χ3v) is 4.32. The summed E-state index contributed by atoms with van der Waals surface area (Å²) in [7, 11) is 0. The van der Waals surface area contributed by atoms with Crippen molar-refractivity contribution in [3.8, 4) is 11.1 Å². The zero-order valence-electron chi connectivity index (χ0n) is 15.2. The van der Waals surface area contributed by atoms with Crippen molar-refractivity contribution in [1.29, 1.82) is 0 Å². The molecule has 1 aromatic heterocycles. The van der Waals surface area contributed by atoms with E-state index in [4.69, 9.17) is 5.73 Å². The summed E-state index contributed by atoms with van der Waals surface area (Å²) in [4.78, 5) is 26.1. The van der Waals surface area contributed by atoms with Crippen LogP contribution in [0, 0.1) is 5.95 Å². The lowest BCUT2D eigenvalue weighted by Crippen LogP contribution is -2.50. The fraction of sp³-hybridized carbons (Fsp3) is 0.368. The summed E-state index contributed by atoms with van der Waals surface area (Å²) in [5, 5.41) is 2.89. The van der Waals surface area contributed by atoms with Crippen molar-refractivity contribution in [1.82, 2.24) is 14.8 Å². The molecule has 0 aliphatic carbocycles. The molecule has 2 aromatic rings. The second-order valence-electron chi connectivity index (χ2n) is 7.47. The Hall–Kier alpha value is -2.83. The third-order valence-electron chi connectivity index (χ3n) is 4.32. The number of primary amides is 1. The minimum absolute atomic E-state index is 0.129. The molecule has 1 aliphatic heterocycles. The van der Waals surface area contributed by atoms with Gasteiger partial charge in [0.15, 0.2) is 0 Å². The molecule has 3 amide bonds. The first kappa shape index (κ1) is 18.0. The van der Waals surface area contributed by atoms with Crippen LogP contribution >= 0.6 is 0 Å². The van der Waals surface area contributed by atoms with Gasteiger partial charge in [0.25, 0.3) is 5.91 Å². The molecule has 138 valence electrons. The second kappa shape index (κ2) is 6.48. The van der Waals surface area contributed by atoms with Crippen LogP contribution < -0.4 is 11.1 Å². The Morgan fingerprint density at radius 2 is 1.81 bits per heavy atom. The van der Waals surface area contributed by atoms with Gasteiger partial charge in [0.2, 0.25) is 5.95 Å². The van der Waals surface area contributed by atoms with Crippen LogP contribution in [0.15, 0.2) is 30.3 Å². The molecular weight excluding hydrogens is 335 g/mol. The number of nitrogens with zero attached hydrogens (tertiary/aromatic N) is 2. The number of nitrogens with one attached hydrogen (secondary N) is 1. The number of carbonyl (C=O) groups excluding carboxylic acids is 2. The number of nitrogens with two attached hydrogens (primary N) is 1. The highest BCUT2D eigenvalue weighted by atomic mass is 19.1. The number of halogens is 1. The molecule has 6 nitrogen and oxygen atoms in total. The van der Waals surface area contributed by atoms with E-state index in [0.717, 1.165) is 0 Å². The minimum Gasteiger partial charge on any atom is -0.366 e. The van der Waals surface area contributed by atoms with Crippen LogP contribution in [0.25, 0.3) is 11.1 Å². The molecule has 0 bridgehead atoms. The lowest BCUT2D eigenvalue weighted by molar-refractivity contribution is 0.0997. The molecule has 0 radical (unpaired) electrons. The van der Waals surface area contributed by atoms with E-state index in [-0.39, 0.29) is 35.8 Å². The molecular formula is C19H23FN4O2. The first-order chi connectivity index (χ1) is 12.2. The maximum atomic E-state index is 15.1. The summed E-state index contributed by atoms with van der Waals surface area (Å²) in [5.41, 5.74) is 6.55. The molecule has 7 heteroatoms. The van der Waals surface area contributed by atoms with Gasteiger partial charge in [-0.15, -0.1) is 0 Å². The third kappa shape index (κ3) is 3.29. The van der Waals surface area contributed by atoms with E-state index >= 15 is 4.39 Å². The first-order valence-corrected chi connectivity index (χ1v) is 8.52. The molecule has 1 aromatic carbocycles. The molecule has 1 aliphatic rings. The van der Waals surface area contributed by atoms with Crippen molar-refractivity contribution in [2.24, 2.45) is 5.73 Å². The average Bonchev–Trinajstić information content (AvgIpc) is 2.86. The van der Waals surface area contributed by atoms with Gasteiger partial charge in [-0.2, -0.15) is 4.39 Å². The number of rotatable bonds is 2. The topological polar surface area (TPSA) is 80.4 Å². The van der Waals surface area contributed by atoms with Gasteiger partial charge in [-0.25, -0.2) is 4.79 Å². The van der Waals surface area contributed by atoms with Crippen molar-refractivity contribution >= 4 is 11.9 Å². The van der Waals surface area contributed by atoms with E-state index in [1.54, 1.807) is 29.2 Å². The smallest absolute Gasteiger partial charge is 0.318 e. The zero-order valence-corrected chi connectivity index (χ0v) is 15.2. The van der Waals surface area contributed by atoms with Crippen molar-refractivity contribution < 1.29 is 14.0 Å². The number of hydrogen-bond donors (Lipinski definition) is 2. The number of aromatic nitrogens is 1. The predicted octanol–water partition coefficient (Wildman–Crippen LogP) is 2.72. The van der Waals surface area contributed by atoms with Crippen LogP contribution in [-0.2, 0) is 13.1 Å². The summed E-state index contributed by atoms with van der Waals surface area (Å²) >= 11 is 0. The fourth-order valence-corrected chi connectivity index (χ4v) is 3.22. The number of fused-ring (bicyclic) bond motifs is 1. The first-order valence-electron chi connectivity index (χ1n) is 8.52. The van der Waals surface area contributed by atoms with E-state index in [0.29, 0.717) is 17.8 Å². The van der Waals surface area contributed by atoms with Gasteiger partial charge in [0, 0.05) is 24.2 Å². The quantitative estimate of drug-likeness (QED) is 0.866. The average molecular weight is 358 g/mol. The summed E-state index contributed by atoms with van der Waals surface area (Å²) in [5.74, 6) is -1.19. The fourth-order valence-electron chi connectivity index (χ4n) is 3.22. The Balaban J connectivity index is 2.03. The second-order valence-corrected chi connectivity index (χ2v) is 7.47. The van der Waals surface area contributed by atoms with Gasteiger partial charge in [0.1, 0.15) is 0 Å². The number of carbonyl (C=O) groups is 2. The molecule has 0 saturated heterocycles. The Kier molecular flexibility index (Phi) is 4.48. The van der Waals surface area contributed by atoms with Crippen LogP contribution in [-0.4, -0.2) is 33.5 Å². The van der Waals surface area contributed by atoms with Crippen LogP contribution in [0.4, 0.5) is 9.18 Å². The Morgan fingerprint density at radius 1 is 1.15 bits per heavy atom. The zero-order chi connectivity index (χ0) is 19.1. The van der Waals surface area contributed by atoms with E-state index in [1.165, 1.54) is 4.57 Å². The van der Waals surface area contributed by atoms with Gasteiger partial charge < -0.3 is 20.5 Å². The van der Waals surface area contributed by atoms with Crippen molar-refractivity contribution in [3.05, 3.63) is 47.5 Å². The normalized spacial score (nSPS) is 14.1. The summed E-state index contributed by atoms with van der Waals surface area (Å²) in [6, 6.07) is 8.60. The largest absolute Gasteiger partial charge is 0.366 e. The Bertz CT molecular complexity index is 853. The Labute approximate surface area is 151 Å². The molecule has 0 saturated carbocycles. The number of urea groups is 1. The molecule has 2 heterocycles. The molecule has 0 atom stereocenters. The minimum atomic E-state index is -0.699. The lowest BCUT2D eigenvalue weighted by Gasteiger charge is -2.32.